The first kappa shape index (κ1) is 18.7. The van der Waals surface area contributed by atoms with Gasteiger partial charge in [-0.2, -0.15) is 0 Å². The van der Waals surface area contributed by atoms with Crippen molar-refractivity contribution in [2.75, 3.05) is 32.8 Å². The second-order valence-electron chi connectivity index (χ2n) is 8.76. The number of likely N-dealkylation sites (tertiary alicyclic amines) is 1. The molecule has 1 aliphatic carbocycles. The van der Waals surface area contributed by atoms with Crippen LogP contribution < -0.4 is 10.6 Å². The molecule has 4 fully saturated rings. The third-order valence-corrected chi connectivity index (χ3v) is 7.87. The van der Waals surface area contributed by atoms with Gasteiger partial charge in [-0.05, 0) is 55.7 Å². The summed E-state index contributed by atoms with van der Waals surface area (Å²) >= 11 is 12.8. The standard InChI is InChI=1S/C21H28Cl2N3O/c22-17-13-16(14-18(23)15-17)21(20(5-8-24-20)25-9-12-27-21)26-10-6-19(7-11-26)3-1-2-4-19/h13-15,24H,1-12H2. The number of benzene rings is 1. The molecule has 1 aromatic rings. The van der Waals surface area contributed by atoms with Crippen molar-refractivity contribution < 1.29 is 4.74 Å². The summed E-state index contributed by atoms with van der Waals surface area (Å²) in [6.07, 6.45) is 9.07. The Morgan fingerprint density at radius 3 is 2.22 bits per heavy atom. The van der Waals surface area contributed by atoms with Gasteiger partial charge < -0.3 is 4.74 Å². The number of piperidine rings is 1. The number of halogens is 2. The van der Waals surface area contributed by atoms with E-state index in [0.717, 1.165) is 38.2 Å². The average Bonchev–Trinajstić information content (AvgIpc) is 3.08. The van der Waals surface area contributed by atoms with Gasteiger partial charge in [-0.15, -0.1) is 0 Å². The highest BCUT2D eigenvalue weighted by Crippen LogP contribution is 2.52. The van der Waals surface area contributed by atoms with Crippen molar-refractivity contribution in [3.63, 3.8) is 0 Å². The molecular weight excluding hydrogens is 381 g/mol. The SMILES string of the molecule is Clc1cc(Cl)cc(C2(N3CCC4(CCCC4)CC3)OCC[N]C23CCN3)c1. The monoisotopic (exact) mass is 408 g/mol. The fourth-order valence-corrected chi connectivity index (χ4v) is 6.50. The fraction of sp³-hybridized carbons (Fsp3) is 0.714. The van der Waals surface area contributed by atoms with Crippen LogP contribution in [0.3, 0.4) is 0 Å². The van der Waals surface area contributed by atoms with E-state index in [1.54, 1.807) is 6.07 Å². The predicted molar refractivity (Wildman–Crippen MR) is 108 cm³/mol. The highest BCUT2D eigenvalue weighted by Gasteiger charge is 2.63. The highest BCUT2D eigenvalue weighted by atomic mass is 35.5. The Bertz CT molecular complexity index is 687. The molecule has 0 aromatic heterocycles. The van der Waals surface area contributed by atoms with Gasteiger partial charge in [0.05, 0.1) is 6.61 Å². The van der Waals surface area contributed by atoms with Crippen LogP contribution in [-0.2, 0) is 10.5 Å². The van der Waals surface area contributed by atoms with Crippen LogP contribution >= 0.6 is 23.2 Å². The van der Waals surface area contributed by atoms with Gasteiger partial charge in [-0.25, -0.2) is 5.32 Å². The van der Waals surface area contributed by atoms with E-state index in [2.05, 4.69) is 10.2 Å². The molecule has 2 atom stereocenters. The number of nitrogens with one attached hydrogen (secondary N) is 1. The predicted octanol–water partition coefficient (Wildman–Crippen LogP) is 4.13. The van der Waals surface area contributed by atoms with Crippen LogP contribution in [0.5, 0.6) is 0 Å². The molecule has 1 aromatic carbocycles. The van der Waals surface area contributed by atoms with Crippen LogP contribution in [0.2, 0.25) is 10.0 Å². The molecule has 1 N–H and O–H groups in total. The minimum Gasteiger partial charge on any atom is -0.351 e. The Labute approximate surface area is 171 Å². The fourth-order valence-electron chi connectivity index (χ4n) is 5.97. The Morgan fingerprint density at radius 2 is 1.63 bits per heavy atom. The summed E-state index contributed by atoms with van der Waals surface area (Å²) in [6, 6.07) is 5.84. The molecule has 0 bridgehead atoms. The zero-order chi connectivity index (χ0) is 18.5. The van der Waals surface area contributed by atoms with Crippen molar-refractivity contribution in [3.05, 3.63) is 33.8 Å². The molecule has 6 heteroatoms. The van der Waals surface area contributed by atoms with Gasteiger partial charge >= 0.3 is 0 Å². The van der Waals surface area contributed by atoms with Gasteiger partial charge in [0.2, 0.25) is 0 Å². The Morgan fingerprint density at radius 1 is 0.963 bits per heavy atom. The second-order valence-corrected chi connectivity index (χ2v) is 9.64. The van der Waals surface area contributed by atoms with Gasteiger partial charge in [-0.3, -0.25) is 10.2 Å². The first-order valence-electron chi connectivity index (χ1n) is 10.4. The summed E-state index contributed by atoms with van der Waals surface area (Å²) in [5.41, 5.74) is 0.603. The lowest BCUT2D eigenvalue weighted by molar-refractivity contribution is -0.272. The van der Waals surface area contributed by atoms with Crippen molar-refractivity contribution in [1.29, 1.82) is 0 Å². The third-order valence-electron chi connectivity index (χ3n) is 7.44. The summed E-state index contributed by atoms with van der Waals surface area (Å²) < 4.78 is 6.66. The summed E-state index contributed by atoms with van der Waals surface area (Å²) in [6.45, 7) is 4.43. The number of hydrogen-bond acceptors (Lipinski definition) is 3. The first-order chi connectivity index (χ1) is 13.1. The van der Waals surface area contributed by atoms with E-state index < -0.39 is 5.72 Å². The maximum Gasteiger partial charge on any atom is 0.181 e. The van der Waals surface area contributed by atoms with E-state index in [9.17, 15) is 0 Å². The molecule has 4 aliphatic rings. The third kappa shape index (κ3) is 2.87. The lowest BCUT2D eigenvalue weighted by atomic mass is 9.73. The van der Waals surface area contributed by atoms with E-state index in [1.165, 1.54) is 38.5 Å². The molecule has 4 nitrogen and oxygen atoms in total. The Hall–Kier alpha value is -0.360. The number of hydrogen-bond donors (Lipinski definition) is 1. The maximum atomic E-state index is 6.66. The van der Waals surface area contributed by atoms with Crippen molar-refractivity contribution in [2.24, 2.45) is 5.41 Å². The molecule has 2 unspecified atom stereocenters. The Balaban J connectivity index is 1.55. The van der Waals surface area contributed by atoms with Gasteiger partial charge in [0.15, 0.2) is 5.72 Å². The second kappa shape index (κ2) is 6.86. The molecule has 2 spiro atoms. The van der Waals surface area contributed by atoms with Crippen molar-refractivity contribution >= 4 is 23.2 Å². The van der Waals surface area contributed by atoms with Crippen molar-refractivity contribution in [3.8, 4) is 0 Å². The molecular formula is C21H28Cl2N3O. The van der Waals surface area contributed by atoms with Crippen molar-refractivity contribution in [1.82, 2.24) is 15.5 Å². The topological polar surface area (TPSA) is 38.6 Å². The molecule has 3 saturated heterocycles. The zero-order valence-corrected chi connectivity index (χ0v) is 17.3. The van der Waals surface area contributed by atoms with Gasteiger partial charge in [0, 0.05) is 41.8 Å². The van der Waals surface area contributed by atoms with E-state index in [1.807, 2.05) is 12.1 Å². The van der Waals surface area contributed by atoms with Crippen LogP contribution in [-0.4, -0.2) is 43.3 Å². The molecule has 1 radical (unpaired) electrons. The van der Waals surface area contributed by atoms with Crippen LogP contribution in [0.25, 0.3) is 0 Å². The maximum absolute atomic E-state index is 6.66. The van der Waals surface area contributed by atoms with Crippen LogP contribution in [0.4, 0.5) is 0 Å². The normalized spacial score (nSPS) is 36.2. The molecule has 27 heavy (non-hydrogen) atoms. The molecule has 1 saturated carbocycles. The minimum absolute atomic E-state index is 0.389. The zero-order valence-electron chi connectivity index (χ0n) is 15.8. The van der Waals surface area contributed by atoms with Crippen molar-refractivity contribution in [2.45, 2.75) is 56.3 Å². The van der Waals surface area contributed by atoms with Gasteiger partial charge in [0.25, 0.3) is 0 Å². The van der Waals surface area contributed by atoms with E-state index in [0.29, 0.717) is 22.1 Å². The van der Waals surface area contributed by atoms with E-state index >= 15 is 0 Å². The summed E-state index contributed by atoms with van der Waals surface area (Å²) in [5.74, 6) is 0. The number of rotatable bonds is 2. The number of morpholine rings is 1. The number of ether oxygens (including phenoxy) is 1. The molecule has 0 amide bonds. The lowest BCUT2D eigenvalue weighted by Gasteiger charge is -2.62. The summed E-state index contributed by atoms with van der Waals surface area (Å²) in [7, 11) is 0. The minimum atomic E-state index is -0.613. The smallest absolute Gasteiger partial charge is 0.181 e. The quantitative estimate of drug-likeness (QED) is 0.799. The van der Waals surface area contributed by atoms with Crippen LogP contribution in [0, 0.1) is 5.41 Å². The molecule has 3 heterocycles. The largest absolute Gasteiger partial charge is 0.351 e. The van der Waals surface area contributed by atoms with E-state index in [-0.39, 0.29) is 5.66 Å². The highest BCUT2D eigenvalue weighted by molar-refractivity contribution is 6.34. The molecule has 147 valence electrons. The van der Waals surface area contributed by atoms with Gasteiger partial charge in [-0.1, -0.05) is 36.0 Å². The summed E-state index contributed by atoms with van der Waals surface area (Å²) in [4.78, 5) is 2.54. The number of nitrogens with zero attached hydrogens (tertiary/aromatic N) is 2. The molecule has 3 aliphatic heterocycles. The Kier molecular flexibility index (Phi) is 4.74. The lowest BCUT2D eigenvalue weighted by Crippen LogP contribution is -2.81. The van der Waals surface area contributed by atoms with E-state index in [4.69, 9.17) is 33.3 Å². The van der Waals surface area contributed by atoms with Crippen LogP contribution in [0.15, 0.2) is 18.2 Å². The summed E-state index contributed by atoms with van der Waals surface area (Å²) in [5, 5.41) is 10.00. The average molecular weight is 409 g/mol. The van der Waals surface area contributed by atoms with Gasteiger partial charge in [0.1, 0.15) is 5.66 Å². The first-order valence-corrected chi connectivity index (χ1v) is 11.1. The van der Waals surface area contributed by atoms with Crippen LogP contribution in [0.1, 0.15) is 50.5 Å². The molecule has 5 rings (SSSR count).